The number of fused-ring (bicyclic) bond motifs is 1. The fourth-order valence-electron chi connectivity index (χ4n) is 4.01. The maximum atomic E-state index is 10.6. The lowest BCUT2D eigenvalue weighted by Crippen LogP contribution is -2.33. The summed E-state index contributed by atoms with van der Waals surface area (Å²) in [5, 5.41) is 14.1. The molecular formula is C24H21BrN2O4. The Morgan fingerprint density at radius 3 is 2.74 bits per heavy atom. The molecule has 0 aromatic heterocycles. The first kappa shape index (κ1) is 19.9. The minimum atomic E-state index is -0.339. The van der Waals surface area contributed by atoms with E-state index >= 15 is 0 Å². The number of hydrogen-bond acceptors (Lipinski definition) is 6. The minimum absolute atomic E-state index is 0.148. The molecule has 2 heterocycles. The van der Waals surface area contributed by atoms with Crippen LogP contribution in [0.3, 0.4) is 0 Å². The van der Waals surface area contributed by atoms with Crippen molar-refractivity contribution < 1.29 is 19.3 Å². The molecular weight excluding hydrogens is 460 g/mol. The lowest BCUT2D eigenvalue weighted by molar-refractivity contribution is 0.174. The number of benzene rings is 3. The summed E-state index contributed by atoms with van der Waals surface area (Å²) in [7, 11) is 1.65. The predicted molar refractivity (Wildman–Crippen MR) is 121 cm³/mol. The molecule has 0 fully saturated rings. The van der Waals surface area contributed by atoms with E-state index in [1.807, 2.05) is 54.6 Å². The minimum Gasteiger partial charge on any atom is -0.508 e. The molecule has 158 valence electrons. The van der Waals surface area contributed by atoms with Crippen LogP contribution >= 0.6 is 15.9 Å². The molecule has 0 bridgehead atoms. The monoisotopic (exact) mass is 480 g/mol. The molecule has 7 heteroatoms. The molecule has 2 N–H and O–H groups in total. The van der Waals surface area contributed by atoms with E-state index in [1.54, 1.807) is 13.2 Å². The number of aromatic hydroxyl groups is 1. The normalized spacial score (nSPS) is 19.7. The highest BCUT2D eigenvalue weighted by molar-refractivity contribution is 9.10. The fourth-order valence-corrected chi connectivity index (χ4v) is 4.39. The predicted octanol–water partition coefficient (Wildman–Crippen LogP) is 5.11. The summed E-state index contributed by atoms with van der Waals surface area (Å²) < 4.78 is 17.5. The van der Waals surface area contributed by atoms with Crippen LogP contribution in [0.15, 0.2) is 70.1 Å². The Morgan fingerprint density at radius 1 is 1.03 bits per heavy atom. The van der Waals surface area contributed by atoms with Gasteiger partial charge in [0.05, 0.1) is 7.11 Å². The summed E-state index contributed by atoms with van der Waals surface area (Å²) in [6.07, 6.45) is 0.267. The number of nitrogens with one attached hydrogen (secondary N) is 1. The molecule has 2 aliphatic rings. The Balaban J connectivity index is 1.59. The second-order valence-corrected chi connectivity index (χ2v) is 8.33. The Hall–Kier alpha value is -3.03. The van der Waals surface area contributed by atoms with Crippen LogP contribution in [-0.4, -0.2) is 24.7 Å². The molecule has 0 saturated heterocycles. The van der Waals surface area contributed by atoms with Crippen molar-refractivity contribution in [3.05, 3.63) is 81.8 Å². The van der Waals surface area contributed by atoms with E-state index in [9.17, 15) is 5.11 Å². The van der Waals surface area contributed by atoms with E-state index < -0.39 is 0 Å². The van der Waals surface area contributed by atoms with Gasteiger partial charge >= 0.3 is 0 Å². The standard InChI is InChI=1S/C24H21BrN2O4/c1-29-21-5-3-2-4-16(21)24-26-18(14-6-9-22-23(10-14)31-13-30-22)12-19(27-24)17-11-15(25)7-8-20(17)28/h2-11,19,24,27-28H,12-13H2,1H3/t19-,24+/m0/s1. The van der Waals surface area contributed by atoms with Gasteiger partial charge in [-0.1, -0.05) is 34.1 Å². The topological polar surface area (TPSA) is 72.3 Å². The summed E-state index contributed by atoms with van der Waals surface area (Å²) in [5.74, 6) is 2.45. The first-order valence-corrected chi connectivity index (χ1v) is 10.8. The third kappa shape index (κ3) is 3.86. The maximum Gasteiger partial charge on any atom is 0.231 e. The average molecular weight is 481 g/mol. The molecule has 0 spiro atoms. The molecule has 3 aromatic carbocycles. The van der Waals surface area contributed by atoms with Gasteiger partial charge in [0.1, 0.15) is 17.7 Å². The summed E-state index contributed by atoms with van der Waals surface area (Å²) in [6, 6.07) is 19.0. The molecule has 2 aliphatic heterocycles. The molecule has 0 saturated carbocycles. The van der Waals surface area contributed by atoms with E-state index in [0.29, 0.717) is 6.42 Å². The van der Waals surface area contributed by atoms with Gasteiger partial charge in [-0.3, -0.25) is 10.3 Å². The number of aliphatic imine (C=N–C) groups is 1. The number of methoxy groups -OCH3 is 1. The van der Waals surface area contributed by atoms with Gasteiger partial charge in [0.2, 0.25) is 6.79 Å². The fraction of sp³-hybridized carbons (Fsp3) is 0.208. The molecule has 0 radical (unpaired) electrons. The summed E-state index contributed by atoms with van der Waals surface area (Å²) in [5.41, 5.74) is 3.62. The van der Waals surface area contributed by atoms with E-state index in [0.717, 1.165) is 44.1 Å². The number of nitrogens with zero attached hydrogens (tertiary/aromatic N) is 1. The number of hydrogen-bond donors (Lipinski definition) is 2. The van der Waals surface area contributed by atoms with Crippen LogP contribution in [0.5, 0.6) is 23.0 Å². The molecule has 6 nitrogen and oxygen atoms in total. The third-order valence-electron chi connectivity index (χ3n) is 5.55. The van der Waals surface area contributed by atoms with Crippen molar-refractivity contribution in [1.82, 2.24) is 5.32 Å². The quantitative estimate of drug-likeness (QED) is 0.542. The highest BCUT2D eigenvalue weighted by atomic mass is 79.9. The third-order valence-corrected chi connectivity index (χ3v) is 6.04. The molecule has 0 amide bonds. The van der Waals surface area contributed by atoms with Crippen LogP contribution < -0.4 is 19.5 Å². The first-order chi connectivity index (χ1) is 15.1. The van der Waals surface area contributed by atoms with Crippen molar-refractivity contribution in [3.63, 3.8) is 0 Å². The summed E-state index contributed by atoms with van der Waals surface area (Å²) in [4.78, 5) is 5.02. The van der Waals surface area contributed by atoms with Gasteiger partial charge in [0.25, 0.3) is 0 Å². The van der Waals surface area contributed by atoms with E-state index in [2.05, 4.69) is 21.2 Å². The van der Waals surface area contributed by atoms with Gasteiger partial charge in [-0.05, 0) is 48.0 Å². The van der Waals surface area contributed by atoms with Crippen molar-refractivity contribution in [2.24, 2.45) is 4.99 Å². The van der Waals surface area contributed by atoms with E-state index in [-0.39, 0.29) is 24.8 Å². The molecule has 31 heavy (non-hydrogen) atoms. The van der Waals surface area contributed by atoms with Gasteiger partial charge < -0.3 is 19.3 Å². The SMILES string of the molecule is COc1ccccc1[C@@H]1N=C(c2ccc3c(c2)OCO3)C[C@@H](c2cc(Br)ccc2O)N1. The van der Waals surface area contributed by atoms with E-state index in [4.69, 9.17) is 19.2 Å². The van der Waals surface area contributed by atoms with Crippen LogP contribution in [0.25, 0.3) is 0 Å². The Bertz CT molecular complexity index is 1160. The van der Waals surface area contributed by atoms with Gasteiger partial charge in [0.15, 0.2) is 11.5 Å². The first-order valence-electron chi connectivity index (χ1n) is 9.96. The molecule has 0 unspecified atom stereocenters. The molecule has 2 atom stereocenters. The highest BCUT2D eigenvalue weighted by Crippen LogP contribution is 2.39. The number of phenolic OH excluding ortho intramolecular Hbond substituents is 1. The van der Waals surface area contributed by atoms with E-state index in [1.165, 1.54) is 0 Å². The van der Waals surface area contributed by atoms with Gasteiger partial charge in [-0.25, -0.2) is 0 Å². The number of halogens is 1. The number of para-hydroxylation sites is 1. The Morgan fingerprint density at radius 2 is 1.87 bits per heavy atom. The second kappa shape index (κ2) is 8.24. The molecule has 5 rings (SSSR count). The lowest BCUT2D eigenvalue weighted by Gasteiger charge is -2.31. The van der Waals surface area contributed by atoms with Crippen LogP contribution in [0.1, 0.15) is 35.3 Å². The van der Waals surface area contributed by atoms with Crippen LogP contribution in [0.4, 0.5) is 0 Å². The summed E-state index contributed by atoms with van der Waals surface area (Å²) >= 11 is 3.52. The maximum absolute atomic E-state index is 10.6. The van der Waals surface area contributed by atoms with Crippen molar-refractivity contribution in [2.75, 3.05) is 13.9 Å². The van der Waals surface area contributed by atoms with Crippen molar-refractivity contribution >= 4 is 21.6 Å². The second-order valence-electron chi connectivity index (χ2n) is 7.41. The lowest BCUT2D eigenvalue weighted by atomic mass is 9.93. The van der Waals surface area contributed by atoms with Crippen molar-refractivity contribution in [2.45, 2.75) is 18.6 Å². The van der Waals surface area contributed by atoms with Crippen LogP contribution in [0.2, 0.25) is 0 Å². The van der Waals surface area contributed by atoms with Gasteiger partial charge in [-0.2, -0.15) is 0 Å². The largest absolute Gasteiger partial charge is 0.508 e. The van der Waals surface area contributed by atoms with Crippen molar-refractivity contribution in [1.29, 1.82) is 0 Å². The Labute approximate surface area is 188 Å². The number of rotatable bonds is 4. The number of ether oxygens (including phenoxy) is 3. The Kier molecular flexibility index (Phi) is 5.29. The van der Waals surface area contributed by atoms with Gasteiger partial charge in [-0.15, -0.1) is 0 Å². The zero-order valence-electron chi connectivity index (χ0n) is 16.8. The average Bonchev–Trinajstić information content (AvgIpc) is 3.28. The number of phenols is 1. The van der Waals surface area contributed by atoms with Crippen molar-refractivity contribution in [3.8, 4) is 23.0 Å². The smallest absolute Gasteiger partial charge is 0.231 e. The van der Waals surface area contributed by atoms with Crippen LogP contribution in [-0.2, 0) is 0 Å². The molecule has 0 aliphatic carbocycles. The highest BCUT2D eigenvalue weighted by Gasteiger charge is 2.30. The molecule has 3 aromatic rings. The van der Waals surface area contributed by atoms with Gasteiger partial charge in [0, 0.05) is 33.8 Å². The zero-order chi connectivity index (χ0) is 21.4. The van der Waals surface area contributed by atoms with Crippen LogP contribution in [0, 0.1) is 0 Å². The zero-order valence-corrected chi connectivity index (χ0v) is 18.4. The summed E-state index contributed by atoms with van der Waals surface area (Å²) in [6.45, 7) is 0.227.